The fourth-order valence-electron chi connectivity index (χ4n) is 1.19. The van der Waals surface area contributed by atoms with Gasteiger partial charge in [-0.15, -0.1) is 6.58 Å². The van der Waals surface area contributed by atoms with Gasteiger partial charge in [0.15, 0.2) is 0 Å². The molecule has 0 aliphatic heterocycles. The summed E-state index contributed by atoms with van der Waals surface area (Å²) >= 11 is 0. The molecule has 1 aliphatic rings. The van der Waals surface area contributed by atoms with Crippen molar-refractivity contribution >= 4 is 5.91 Å². The Balaban J connectivity index is 2.42. The molecule has 1 atom stereocenters. The van der Waals surface area contributed by atoms with Crippen LogP contribution in [0.15, 0.2) is 12.7 Å². The Hall–Kier alpha value is -1.30. The van der Waals surface area contributed by atoms with Gasteiger partial charge in [0, 0.05) is 6.04 Å². The van der Waals surface area contributed by atoms with E-state index in [0.29, 0.717) is 12.8 Å². The number of hydrogen-bond acceptors (Lipinski definition) is 2. The topological polar surface area (TPSA) is 52.9 Å². The number of rotatable bonds is 4. The highest BCUT2D eigenvalue weighted by Gasteiger charge is 2.50. The standard InChI is InChI=1S/C10H14N2O/c1-3-4-8(2)12-9(13)10(7-11)5-6-10/h3,8H,1,4-6H2,2H3,(H,12,13). The number of amides is 1. The highest BCUT2D eigenvalue weighted by atomic mass is 16.2. The van der Waals surface area contributed by atoms with Gasteiger partial charge in [-0.2, -0.15) is 5.26 Å². The van der Waals surface area contributed by atoms with E-state index in [-0.39, 0.29) is 11.9 Å². The third-order valence-electron chi connectivity index (χ3n) is 2.30. The van der Waals surface area contributed by atoms with Gasteiger partial charge in [-0.05, 0) is 26.2 Å². The summed E-state index contributed by atoms with van der Waals surface area (Å²) in [6.45, 7) is 5.50. The van der Waals surface area contributed by atoms with Gasteiger partial charge in [-0.3, -0.25) is 4.79 Å². The lowest BCUT2D eigenvalue weighted by Crippen LogP contribution is -2.37. The third-order valence-corrected chi connectivity index (χ3v) is 2.30. The summed E-state index contributed by atoms with van der Waals surface area (Å²) in [6, 6.07) is 2.14. The Morgan fingerprint density at radius 1 is 1.85 bits per heavy atom. The summed E-state index contributed by atoms with van der Waals surface area (Å²) in [5.41, 5.74) is -0.699. The Labute approximate surface area is 78.4 Å². The van der Waals surface area contributed by atoms with Gasteiger partial charge in [0.1, 0.15) is 5.41 Å². The van der Waals surface area contributed by atoms with Crippen molar-refractivity contribution in [3.05, 3.63) is 12.7 Å². The summed E-state index contributed by atoms with van der Waals surface area (Å²) in [5.74, 6) is -0.121. The number of nitrogens with zero attached hydrogens (tertiary/aromatic N) is 1. The van der Waals surface area contributed by atoms with Crippen LogP contribution >= 0.6 is 0 Å². The SMILES string of the molecule is C=CCC(C)NC(=O)C1(C#N)CC1. The highest BCUT2D eigenvalue weighted by Crippen LogP contribution is 2.45. The van der Waals surface area contributed by atoms with E-state index >= 15 is 0 Å². The van der Waals surface area contributed by atoms with Crippen LogP contribution in [0, 0.1) is 16.7 Å². The number of nitrogens with one attached hydrogen (secondary N) is 1. The van der Waals surface area contributed by atoms with Crippen molar-refractivity contribution in [3.8, 4) is 6.07 Å². The molecule has 1 fully saturated rings. The van der Waals surface area contributed by atoms with E-state index in [1.165, 1.54) is 0 Å². The van der Waals surface area contributed by atoms with Crippen LogP contribution in [0.25, 0.3) is 0 Å². The normalized spacial score (nSPS) is 19.7. The van der Waals surface area contributed by atoms with Crippen LogP contribution in [0.1, 0.15) is 26.2 Å². The maximum absolute atomic E-state index is 11.5. The fraction of sp³-hybridized carbons (Fsp3) is 0.600. The Morgan fingerprint density at radius 3 is 2.85 bits per heavy atom. The number of hydrogen-bond donors (Lipinski definition) is 1. The summed E-state index contributed by atoms with van der Waals surface area (Å²) in [7, 11) is 0. The van der Waals surface area contributed by atoms with E-state index in [1.54, 1.807) is 6.08 Å². The van der Waals surface area contributed by atoms with Crippen LogP contribution in [0.4, 0.5) is 0 Å². The average molecular weight is 178 g/mol. The summed E-state index contributed by atoms with van der Waals surface area (Å²) in [5, 5.41) is 11.5. The Morgan fingerprint density at radius 2 is 2.46 bits per heavy atom. The minimum absolute atomic E-state index is 0.0795. The van der Waals surface area contributed by atoms with Gasteiger partial charge >= 0.3 is 0 Å². The smallest absolute Gasteiger partial charge is 0.240 e. The summed E-state index contributed by atoms with van der Waals surface area (Å²) in [6.07, 6.45) is 3.91. The summed E-state index contributed by atoms with van der Waals surface area (Å²) in [4.78, 5) is 11.5. The quantitative estimate of drug-likeness (QED) is 0.661. The molecule has 1 saturated carbocycles. The molecule has 0 radical (unpaired) electrons. The van der Waals surface area contributed by atoms with E-state index in [9.17, 15) is 4.79 Å². The molecule has 0 aromatic rings. The molecular formula is C10H14N2O. The molecule has 0 aromatic heterocycles. The molecule has 0 saturated heterocycles. The molecule has 0 bridgehead atoms. The van der Waals surface area contributed by atoms with Crippen molar-refractivity contribution in [2.24, 2.45) is 5.41 Å². The number of carbonyl (C=O) groups excluding carboxylic acids is 1. The van der Waals surface area contributed by atoms with Gasteiger partial charge in [-0.25, -0.2) is 0 Å². The lowest BCUT2D eigenvalue weighted by atomic mass is 10.1. The van der Waals surface area contributed by atoms with Crippen LogP contribution in [-0.4, -0.2) is 11.9 Å². The zero-order chi connectivity index (χ0) is 9.90. The van der Waals surface area contributed by atoms with E-state index in [0.717, 1.165) is 6.42 Å². The van der Waals surface area contributed by atoms with Crippen LogP contribution in [0.5, 0.6) is 0 Å². The van der Waals surface area contributed by atoms with Crippen LogP contribution < -0.4 is 5.32 Å². The molecule has 13 heavy (non-hydrogen) atoms. The second-order valence-electron chi connectivity index (χ2n) is 3.59. The molecule has 0 heterocycles. The molecular weight excluding hydrogens is 164 g/mol. The largest absolute Gasteiger partial charge is 0.352 e. The maximum atomic E-state index is 11.5. The molecule has 1 N–H and O–H groups in total. The summed E-state index contributed by atoms with van der Waals surface area (Å²) < 4.78 is 0. The number of carbonyl (C=O) groups is 1. The van der Waals surface area contributed by atoms with Gasteiger partial charge < -0.3 is 5.32 Å². The Bertz CT molecular complexity index is 261. The van der Waals surface area contributed by atoms with E-state index in [2.05, 4.69) is 18.0 Å². The van der Waals surface area contributed by atoms with Gasteiger partial charge in [0.05, 0.1) is 6.07 Å². The van der Waals surface area contributed by atoms with Crippen LogP contribution in [-0.2, 0) is 4.79 Å². The first kappa shape index (κ1) is 9.79. The molecule has 70 valence electrons. The Kier molecular flexibility index (Phi) is 2.72. The molecule has 3 heteroatoms. The predicted octanol–water partition coefficient (Wildman–Crippen LogP) is 1.37. The monoisotopic (exact) mass is 178 g/mol. The average Bonchev–Trinajstić information content (AvgIpc) is 2.84. The van der Waals surface area contributed by atoms with Crippen LogP contribution in [0.2, 0.25) is 0 Å². The minimum atomic E-state index is -0.699. The van der Waals surface area contributed by atoms with E-state index < -0.39 is 5.41 Å². The minimum Gasteiger partial charge on any atom is -0.352 e. The first-order valence-electron chi connectivity index (χ1n) is 4.48. The van der Waals surface area contributed by atoms with Crippen molar-refractivity contribution < 1.29 is 4.79 Å². The van der Waals surface area contributed by atoms with E-state index in [1.807, 2.05) is 6.92 Å². The lowest BCUT2D eigenvalue weighted by molar-refractivity contribution is -0.125. The zero-order valence-electron chi connectivity index (χ0n) is 7.84. The van der Waals surface area contributed by atoms with Crippen molar-refractivity contribution in [1.29, 1.82) is 5.26 Å². The second kappa shape index (κ2) is 3.61. The fourth-order valence-corrected chi connectivity index (χ4v) is 1.19. The highest BCUT2D eigenvalue weighted by molar-refractivity contribution is 5.88. The molecule has 1 rings (SSSR count). The first-order valence-corrected chi connectivity index (χ1v) is 4.48. The molecule has 1 unspecified atom stereocenters. The zero-order valence-corrected chi connectivity index (χ0v) is 7.84. The van der Waals surface area contributed by atoms with Gasteiger partial charge in [0.2, 0.25) is 5.91 Å². The lowest BCUT2D eigenvalue weighted by Gasteiger charge is -2.13. The maximum Gasteiger partial charge on any atom is 0.240 e. The molecule has 1 aliphatic carbocycles. The van der Waals surface area contributed by atoms with Crippen molar-refractivity contribution in [2.45, 2.75) is 32.2 Å². The predicted molar refractivity (Wildman–Crippen MR) is 49.7 cm³/mol. The van der Waals surface area contributed by atoms with E-state index in [4.69, 9.17) is 5.26 Å². The molecule has 0 aromatic carbocycles. The van der Waals surface area contributed by atoms with Crippen LogP contribution in [0.3, 0.4) is 0 Å². The van der Waals surface area contributed by atoms with Crippen molar-refractivity contribution in [3.63, 3.8) is 0 Å². The van der Waals surface area contributed by atoms with Crippen molar-refractivity contribution in [2.75, 3.05) is 0 Å². The van der Waals surface area contributed by atoms with Gasteiger partial charge in [-0.1, -0.05) is 6.08 Å². The molecule has 0 spiro atoms. The second-order valence-corrected chi connectivity index (χ2v) is 3.59. The third kappa shape index (κ3) is 2.09. The molecule has 3 nitrogen and oxygen atoms in total. The molecule has 1 amide bonds. The first-order chi connectivity index (χ1) is 6.14. The van der Waals surface area contributed by atoms with Gasteiger partial charge in [0.25, 0.3) is 0 Å². The number of nitriles is 1. The van der Waals surface area contributed by atoms with Crippen molar-refractivity contribution in [1.82, 2.24) is 5.32 Å².